The molecule has 0 radical (unpaired) electrons. The third kappa shape index (κ3) is 2.23. The molecule has 58 valence electrons. The van der Waals surface area contributed by atoms with Gasteiger partial charge in [-0.15, -0.1) is 0 Å². The van der Waals surface area contributed by atoms with Gasteiger partial charge in [0.25, 0.3) is 0 Å². The van der Waals surface area contributed by atoms with Crippen molar-refractivity contribution in [1.29, 1.82) is 0 Å². The molecule has 0 fully saturated rings. The minimum atomic E-state index is 1.11. The van der Waals surface area contributed by atoms with Crippen LogP contribution in [0.25, 0.3) is 0 Å². The van der Waals surface area contributed by atoms with Gasteiger partial charge < -0.3 is 0 Å². The third-order valence-electron chi connectivity index (χ3n) is 1.79. The van der Waals surface area contributed by atoms with Crippen molar-refractivity contribution in [1.82, 2.24) is 0 Å². The van der Waals surface area contributed by atoms with E-state index in [0.717, 1.165) is 12.8 Å². The van der Waals surface area contributed by atoms with Crippen molar-refractivity contribution in [3.8, 4) is 0 Å². The standard InChI is InChI=1S/C11H14/c1-3-4-8-11-9-6-5-7-10(11)2/h3-4,6,8-9H,2,5,7H2,1H3/b4-3-,11-8-. The summed E-state index contributed by atoms with van der Waals surface area (Å²) in [6.45, 7) is 6.02. The van der Waals surface area contributed by atoms with E-state index in [1.54, 1.807) is 0 Å². The van der Waals surface area contributed by atoms with E-state index in [0.29, 0.717) is 0 Å². The lowest BCUT2D eigenvalue weighted by Crippen LogP contribution is -1.89. The highest BCUT2D eigenvalue weighted by atomic mass is 14.1. The molecule has 1 aliphatic rings. The Balaban J connectivity index is 2.76. The van der Waals surface area contributed by atoms with E-state index in [-0.39, 0.29) is 0 Å². The van der Waals surface area contributed by atoms with Crippen LogP contribution in [0.3, 0.4) is 0 Å². The molecule has 11 heavy (non-hydrogen) atoms. The van der Waals surface area contributed by atoms with Crippen LogP contribution in [-0.4, -0.2) is 0 Å². The van der Waals surface area contributed by atoms with E-state index in [1.807, 2.05) is 13.0 Å². The zero-order valence-corrected chi connectivity index (χ0v) is 7.01. The second-order valence-corrected chi connectivity index (χ2v) is 2.69. The molecular formula is C11H14. The molecule has 1 aliphatic carbocycles. The minimum Gasteiger partial charge on any atom is -0.0952 e. The summed E-state index contributed by atoms with van der Waals surface area (Å²) in [5.74, 6) is 0. The molecule has 0 saturated carbocycles. The van der Waals surface area contributed by atoms with Crippen molar-refractivity contribution < 1.29 is 0 Å². The second kappa shape index (κ2) is 3.97. The van der Waals surface area contributed by atoms with Gasteiger partial charge in [0.15, 0.2) is 0 Å². The Bertz CT molecular complexity index is 226. The molecular weight excluding hydrogens is 132 g/mol. The lowest BCUT2D eigenvalue weighted by molar-refractivity contribution is 0.973. The summed E-state index contributed by atoms with van der Waals surface area (Å²) in [4.78, 5) is 0. The normalized spacial score (nSPS) is 21.9. The summed E-state index contributed by atoms with van der Waals surface area (Å²) in [6, 6.07) is 0. The van der Waals surface area contributed by atoms with Crippen LogP contribution >= 0.6 is 0 Å². The molecule has 0 bridgehead atoms. The molecule has 0 unspecified atom stereocenters. The van der Waals surface area contributed by atoms with Crippen molar-refractivity contribution in [2.45, 2.75) is 19.8 Å². The van der Waals surface area contributed by atoms with Crippen molar-refractivity contribution in [2.75, 3.05) is 0 Å². The molecule has 0 heteroatoms. The van der Waals surface area contributed by atoms with E-state index in [9.17, 15) is 0 Å². The van der Waals surface area contributed by atoms with Gasteiger partial charge in [-0.1, -0.05) is 37.0 Å². The van der Waals surface area contributed by atoms with E-state index in [2.05, 4.69) is 30.9 Å². The Morgan fingerprint density at radius 2 is 2.36 bits per heavy atom. The van der Waals surface area contributed by atoms with Crippen LogP contribution in [0.1, 0.15) is 19.8 Å². The van der Waals surface area contributed by atoms with E-state index in [1.165, 1.54) is 11.1 Å². The van der Waals surface area contributed by atoms with E-state index >= 15 is 0 Å². The van der Waals surface area contributed by atoms with Crippen molar-refractivity contribution >= 4 is 0 Å². The van der Waals surface area contributed by atoms with Gasteiger partial charge in [-0.2, -0.15) is 0 Å². The quantitative estimate of drug-likeness (QED) is 0.532. The first-order valence-electron chi connectivity index (χ1n) is 4.02. The van der Waals surface area contributed by atoms with Crippen LogP contribution in [0.5, 0.6) is 0 Å². The largest absolute Gasteiger partial charge is 0.0952 e. The second-order valence-electron chi connectivity index (χ2n) is 2.69. The van der Waals surface area contributed by atoms with E-state index < -0.39 is 0 Å². The summed E-state index contributed by atoms with van der Waals surface area (Å²) < 4.78 is 0. The summed E-state index contributed by atoms with van der Waals surface area (Å²) in [5, 5.41) is 0. The fraction of sp³-hybridized carbons (Fsp3) is 0.273. The lowest BCUT2D eigenvalue weighted by atomic mass is 9.97. The zero-order chi connectivity index (χ0) is 8.10. The van der Waals surface area contributed by atoms with Gasteiger partial charge in [0.1, 0.15) is 0 Å². The molecule has 1 rings (SSSR count). The summed E-state index contributed by atoms with van der Waals surface area (Å²) in [6.07, 6.45) is 12.8. The molecule has 0 aliphatic heterocycles. The molecule has 0 heterocycles. The first-order valence-corrected chi connectivity index (χ1v) is 4.02. The van der Waals surface area contributed by atoms with Crippen molar-refractivity contribution in [3.63, 3.8) is 0 Å². The first-order chi connectivity index (χ1) is 5.34. The maximum Gasteiger partial charge on any atom is -0.0234 e. The zero-order valence-electron chi connectivity index (χ0n) is 7.01. The highest BCUT2D eigenvalue weighted by molar-refractivity contribution is 5.42. The van der Waals surface area contributed by atoms with Crippen LogP contribution in [0.4, 0.5) is 0 Å². The monoisotopic (exact) mass is 146 g/mol. The van der Waals surface area contributed by atoms with Gasteiger partial charge in [0, 0.05) is 0 Å². The fourth-order valence-corrected chi connectivity index (χ4v) is 1.10. The number of rotatable bonds is 1. The van der Waals surface area contributed by atoms with Crippen LogP contribution in [0.15, 0.2) is 48.1 Å². The molecule has 0 aromatic rings. The molecule has 0 amide bonds. The Kier molecular flexibility index (Phi) is 2.91. The highest BCUT2D eigenvalue weighted by Crippen LogP contribution is 2.20. The molecule has 0 aromatic carbocycles. The average Bonchev–Trinajstić information content (AvgIpc) is 2.03. The van der Waals surface area contributed by atoms with Crippen molar-refractivity contribution in [3.05, 3.63) is 48.1 Å². The predicted octanol–water partition coefficient (Wildman–Crippen LogP) is 3.40. The van der Waals surface area contributed by atoms with Gasteiger partial charge >= 0.3 is 0 Å². The van der Waals surface area contributed by atoms with Gasteiger partial charge in [0.05, 0.1) is 0 Å². The smallest absolute Gasteiger partial charge is 0.0234 e. The predicted molar refractivity (Wildman–Crippen MR) is 50.4 cm³/mol. The molecule has 0 atom stereocenters. The summed E-state index contributed by atoms with van der Waals surface area (Å²) in [5.41, 5.74) is 2.53. The molecule has 0 saturated heterocycles. The van der Waals surface area contributed by atoms with Gasteiger partial charge in [0.2, 0.25) is 0 Å². The van der Waals surface area contributed by atoms with Crippen LogP contribution in [0.2, 0.25) is 0 Å². The molecule has 0 N–H and O–H groups in total. The molecule has 0 nitrogen and oxygen atoms in total. The highest BCUT2D eigenvalue weighted by Gasteiger charge is 2.01. The Labute approximate surface area is 68.6 Å². The fourth-order valence-electron chi connectivity index (χ4n) is 1.10. The maximum atomic E-state index is 4.00. The molecule has 0 spiro atoms. The number of hydrogen-bond donors (Lipinski definition) is 0. The lowest BCUT2D eigenvalue weighted by Gasteiger charge is -2.09. The number of hydrogen-bond acceptors (Lipinski definition) is 0. The topological polar surface area (TPSA) is 0 Å². The van der Waals surface area contributed by atoms with Gasteiger partial charge in [-0.3, -0.25) is 0 Å². The first kappa shape index (κ1) is 8.06. The maximum absolute atomic E-state index is 4.00. The Hall–Kier alpha value is -1.04. The van der Waals surface area contributed by atoms with Crippen LogP contribution in [-0.2, 0) is 0 Å². The molecule has 0 aromatic heterocycles. The van der Waals surface area contributed by atoms with Crippen molar-refractivity contribution in [2.24, 2.45) is 0 Å². The van der Waals surface area contributed by atoms with E-state index in [4.69, 9.17) is 0 Å². The Morgan fingerprint density at radius 1 is 1.55 bits per heavy atom. The Morgan fingerprint density at radius 3 is 3.00 bits per heavy atom. The summed E-state index contributed by atoms with van der Waals surface area (Å²) in [7, 11) is 0. The van der Waals surface area contributed by atoms with Gasteiger partial charge in [-0.25, -0.2) is 0 Å². The number of allylic oxidation sites excluding steroid dienone is 7. The SMILES string of the molecule is C=C1CCC=C/C1=C/C=C\C. The van der Waals surface area contributed by atoms with Gasteiger partial charge in [-0.05, 0) is 30.9 Å². The summed E-state index contributed by atoms with van der Waals surface area (Å²) >= 11 is 0. The third-order valence-corrected chi connectivity index (χ3v) is 1.79. The van der Waals surface area contributed by atoms with Crippen LogP contribution in [0, 0.1) is 0 Å². The average molecular weight is 146 g/mol. The van der Waals surface area contributed by atoms with Crippen LogP contribution < -0.4 is 0 Å². The minimum absolute atomic E-state index is 1.11.